The minimum absolute atomic E-state index is 0.00627. The first-order chi connectivity index (χ1) is 16.0. The van der Waals surface area contributed by atoms with Crippen LogP contribution < -0.4 is 15.5 Å². The van der Waals surface area contributed by atoms with Crippen molar-refractivity contribution >= 4 is 34.0 Å². The zero-order valence-corrected chi connectivity index (χ0v) is 18.5. The van der Waals surface area contributed by atoms with Gasteiger partial charge in [-0.1, -0.05) is 0 Å². The highest BCUT2D eigenvalue weighted by Gasteiger charge is 2.28. The molecular formula is C23H26FN7O2. The van der Waals surface area contributed by atoms with Gasteiger partial charge in [-0.25, -0.2) is 9.38 Å². The number of amidine groups is 1. The van der Waals surface area contributed by atoms with Gasteiger partial charge in [0.2, 0.25) is 0 Å². The second-order valence-electron chi connectivity index (χ2n) is 8.35. The van der Waals surface area contributed by atoms with Crippen molar-refractivity contribution in [2.75, 3.05) is 31.1 Å². The number of aliphatic hydroxyl groups is 1. The molecule has 3 heterocycles. The first-order valence-corrected chi connectivity index (χ1v) is 11.1. The van der Waals surface area contributed by atoms with Crippen LogP contribution in [-0.4, -0.2) is 70.7 Å². The fourth-order valence-electron chi connectivity index (χ4n) is 4.47. The standard InChI is InChI=1S/C23H26FN7O2/c1-3-31-11-17-20(30-7-6-25-15(10-30)12-32)5-4-16(21(17)29-31)23(33)28-14-8-18(24)22-19(9-14)26-13(2)27-22/h4-5,8-9,11,15,19,25,32H,3,6-7,10,12H2,1-2H3,(H,28,33)/t15-,19?/m1/s1. The number of allylic oxidation sites excluding steroid dienone is 1. The summed E-state index contributed by atoms with van der Waals surface area (Å²) in [5, 5.41) is 21.2. The molecule has 0 radical (unpaired) electrons. The van der Waals surface area contributed by atoms with E-state index < -0.39 is 11.9 Å². The summed E-state index contributed by atoms with van der Waals surface area (Å²) < 4.78 is 16.3. The van der Waals surface area contributed by atoms with Crippen LogP contribution in [0.5, 0.6) is 0 Å². The predicted octanol–water partition coefficient (Wildman–Crippen LogP) is 1.55. The molecule has 9 nitrogen and oxygen atoms in total. The lowest BCUT2D eigenvalue weighted by Gasteiger charge is -2.34. The van der Waals surface area contributed by atoms with Gasteiger partial charge in [0, 0.05) is 55.2 Å². The maximum Gasteiger partial charge on any atom is 0.257 e. The smallest absolute Gasteiger partial charge is 0.257 e. The van der Waals surface area contributed by atoms with E-state index in [1.54, 1.807) is 23.7 Å². The summed E-state index contributed by atoms with van der Waals surface area (Å²) in [5.74, 6) is -0.344. The molecule has 0 bridgehead atoms. The number of fused-ring (bicyclic) bond motifs is 2. The third kappa shape index (κ3) is 3.96. The quantitative estimate of drug-likeness (QED) is 0.640. The Kier molecular flexibility index (Phi) is 5.55. The van der Waals surface area contributed by atoms with Crippen LogP contribution in [0.15, 0.2) is 52.0 Å². The van der Waals surface area contributed by atoms with E-state index in [0.717, 1.165) is 24.2 Å². The average molecular weight is 452 g/mol. The van der Waals surface area contributed by atoms with E-state index in [2.05, 4.69) is 30.6 Å². The summed E-state index contributed by atoms with van der Waals surface area (Å²) in [7, 11) is 0. The first kappa shape index (κ1) is 21.5. The number of halogens is 1. The van der Waals surface area contributed by atoms with Crippen molar-refractivity contribution in [1.82, 2.24) is 20.4 Å². The number of piperazine rings is 1. The van der Waals surface area contributed by atoms with Gasteiger partial charge in [-0.05, 0) is 38.1 Å². The highest BCUT2D eigenvalue weighted by molar-refractivity contribution is 6.15. The van der Waals surface area contributed by atoms with E-state index in [0.29, 0.717) is 35.7 Å². The number of nitrogens with zero attached hydrogens (tertiary/aromatic N) is 5. The normalized spacial score (nSPS) is 22.5. The molecule has 33 heavy (non-hydrogen) atoms. The summed E-state index contributed by atoms with van der Waals surface area (Å²) in [6.07, 6.45) is 4.91. The maximum atomic E-state index is 14.5. The molecular weight excluding hydrogens is 425 g/mol. The van der Waals surface area contributed by atoms with Crippen LogP contribution in [0, 0.1) is 0 Å². The van der Waals surface area contributed by atoms with Gasteiger partial charge in [0.05, 0.1) is 12.2 Å². The Bertz CT molecular complexity index is 1240. The van der Waals surface area contributed by atoms with Crippen molar-refractivity contribution in [3.63, 3.8) is 0 Å². The SMILES string of the molecule is CCn1cc2c(N3CCN[C@@H](CO)C3)ccc(C(=O)NC3=CC4N=C(C)N=C4C(F)=C3)c2n1. The number of hydrogen-bond donors (Lipinski definition) is 3. The summed E-state index contributed by atoms with van der Waals surface area (Å²) in [6, 6.07) is 3.15. The molecule has 1 aromatic heterocycles. The number of anilines is 1. The molecule has 1 saturated heterocycles. The summed E-state index contributed by atoms with van der Waals surface area (Å²) in [4.78, 5) is 23.8. The van der Waals surface area contributed by atoms with Gasteiger partial charge in [-0.15, -0.1) is 0 Å². The third-order valence-corrected chi connectivity index (χ3v) is 6.10. The number of aryl methyl sites for hydroxylation is 1. The minimum atomic E-state index is -0.515. The molecule has 1 aliphatic carbocycles. The molecule has 3 aliphatic rings. The topological polar surface area (TPSA) is 107 Å². The van der Waals surface area contributed by atoms with Crippen molar-refractivity contribution in [3.8, 4) is 0 Å². The molecule has 0 spiro atoms. The van der Waals surface area contributed by atoms with Gasteiger partial charge in [-0.2, -0.15) is 5.10 Å². The van der Waals surface area contributed by atoms with Gasteiger partial charge in [0.1, 0.15) is 28.9 Å². The van der Waals surface area contributed by atoms with Gasteiger partial charge in [0.15, 0.2) is 0 Å². The van der Waals surface area contributed by atoms with Crippen LogP contribution >= 0.6 is 0 Å². The van der Waals surface area contributed by atoms with Crippen molar-refractivity contribution in [2.24, 2.45) is 9.98 Å². The van der Waals surface area contributed by atoms with E-state index in [1.165, 1.54) is 6.08 Å². The highest BCUT2D eigenvalue weighted by Crippen LogP contribution is 2.30. The second-order valence-corrected chi connectivity index (χ2v) is 8.35. The molecule has 1 aromatic carbocycles. The van der Waals surface area contributed by atoms with Crippen LogP contribution in [0.1, 0.15) is 24.2 Å². The lowest BCUT2D eigenvalue weighted by Crippen LogP contribution is -2.52. The number of amides is 1. The number of aliphatic imine (C=N–C) groups is 2. The number of aliphatic hydroxyl groups excluding tert-OH is 1. The predicted molar refractivity (Wildman–Crippen MR) is 126 cm³/mol. The number of benzene rings is 1. The lowest BCUT2D eigenvalue weighted by atomic mass is 10.0. The lowest BCUT2D eigenvalue weighted by molar-refractivity contribution is 0.0968. The Morgan fingerprint density at radius 3 is 3.03 bits per heavy atom. The second kappa shape index (κ2) is 8.53. The molecule has 5 rings (SSSR count). The largest absolute Gasteiger partial charge is 0.395 e. The molecule has 3 N–H and O–H groups in total. The Balaban J connectivity index is 1.46. The molecule has 1 amide bonds. The number of nitrogens with one attached hydrogen (secondary N) is 2. The van der Waals surface area contributed by atoms with E-state index >= 15 is 0 Å². The highest BCUT2D eigenvalue weighted by atomic mass is 19.1. The first-order valence-electron chi connectivity index (χ1n) is 11.1. The molecule has 1 unspecified atom stereocenters. The Hall–Kier alpha value is -3.37. The van der Waals surface area contributed by atoms with Crippen LogP contribution in [-0.2, 0) is 6.54 Å². The number of aromatic nitrogens is 2. The maximum absolute atomic E-state index is 14.5. The summed E-state index contributed by atoms with van der Waals surface area (Å²) in [6.45, 7) is 6.64. The van der Waals surface area contributed by atoms with Gasteiger partial charge < -0.3 is 20.6 Å². The van der Waals surface area contributed by atoms with E-state index in [-0.39, 0.29) is 24.3 Å². The minimum Gasteiger partial charge on any atom is -0.395 e. The van der Waals surface area contributed by atoms with Gasteiger partial charge in [-0.3, -0.25) is 14.5 Å². The van der Waals surface area contributed by atoms with Crippen LogP contribution in [0.3, 0.4) is 0 Å². The van der Waals surface area contributed by atoms with Crippen LogP contribution in [0.2, 0.25) is 0 Å². The van der Waals surface area contributed by atoms with Crippen molar-refractivity contribution in [3.05, 3.63) is 47.6 Å². The Morgan fingerprint density at radius 2 is 2.24 bits per heavy atom. The molecule has 1 fully saturated rings. The fraction of sp³-hybridized carbons (Fsp3) is 0.391. The summed E-state index contributed by atoms with van der Waals surface area (Å²) >= 11 is 0. The van der Waals surface area contributed by atoms with E-state index in [4.69, 9.17) is 0 Å². The number of hydrogen-bond acceptors (Lipinski definition) is 7. The monoisotopic (exact) mass is 451 g/mol. The molecule has 2 aliphatic heterocycles. The average Bonchev–Trinajstić information content (AvgIpc) is 3.41. The molecule has 172 valence electrons. The van der Waals surface area contributed by atoms with Gasteiger partial charge >= 0.3 is 0 Å². The molecule has 10 heteroatoms. The molecule has 2 aromatic rings. The Morgan fingerprint density at radius 1 is 1.39 bits per heavy atom. The summed E-state index contributed by atoms with van der Waals surface area (Å²) in [5.41, 5.74) is 2.59. The van der Waals surface area contributed by atoms with Crippen molar-refractivity contribution in [2.45, 2.75) is 32.5 Å². The molecule has 2 atom stereocenters. The van der Waals surface area contributed by atoms with Gasteiger partial charge in [0.25, 0.3) is 5.91 Å². The molecule has 0 saturated carbocycles. The van der Waals surface area contributed by atoms with Crippen LogP contribution in [0.4, 0.5) is 10.1 Å². The van der Waals surface area contributed by atoms with Crippen molar-refractivity contribution < 1.29 is 14.3 Å². The number of rotatable bonds is 5. The van der Waals surface area contributed by atoms with E-state index in [1.807, 2.05) is 19.2 Å². The Labute approximate surface area is 190 Å². The van der Waals surface area contributed by atoms with Crippen molar-refractivity contribution in [1.29, 1.82) is 0 Å². The zero-order valence-electron chi connectivity index (χ0n) is 18.5. The number of carbonyl (C=O) groups is 1. The van der Waals surface area contributed by atoms with E-state index in [9.17, 15) is 14.3 Å². The zero-order chi connectivity index (χ0) is 23.1. The van der Waals surface area contributed by atoms with Crippen LogP contribution in [0.25, 0.3) is 10.9 Å². The third-order valence-electron chi connectivity index (χ3n) is 6.10. The fourth-order valence-corrected chi connectivity index (χ4v) is 4.47. The number of carbonyl (C=O) groups excluding carboxylic acids is 1.